The number of hydrogen-bond donors (Lipinski definition) is 1. The van der Waals surface area contributed by atoms with Crippen molar-refractivity contribution in [1.82, 2.24) is 14.9 Å². The van der Waals surface area contributed by atoms with Gasteiger partial charge in [-0.3, -0.25) is 4.57 Å². The maximum atomic E-state index is 4.49. The van der Waals surface area contributed by atoms with Gasteiger partial charge in [0.1, 0.15) is 5.82 Å². The smallest absolute Gasteiger partial charge is 0.110 e. The third kappa shape index (κ3) is 2.20. The van der Waals surface area contributed by atoms with Crippen LogP contribution in [0.25, 0.3) is 5.69 Å². The molecule has 1 fully saturated rings. The number of aryl methyl sites for hydroxylation is 1. The van der Waals surface area contributed by atoms with Crippen LogP contribution in [0.5, 0.6) is 0 Å². The highest BCUT2D eigenvalue weighted by molar-refractivity contribution is 5.35. The van der Waals surface area contributed by atoms with Gasteiger partial charge < -0.3 is 5.32 Å². The quantitative estimate of drug-likeness (QED) is 0.927. The van der Waals surface area contributed by atoms with Crippen LogP contribution in [0.3, 0.4) is 0 Å². The highest BCUT2D eigenvalue weighted by atomic mass is 15.1. The van der Waals surface area contributed by atoms with Crippen molar-refractivity contribution in [2.45, 2.75) is 47.2 Å². The Balaban J connectivity index is 1.79. The molecule has 0 bridgehead atoms. The topological polar surface area (TPSA) is 29.9 Å². The Kier molecular flexibility index (Phi) is 3.21. The molecule has 112 valence electrons. The van der Waals surface area contributed by atoms with E-state index in [9.17, 15) is 0 Å². The van der Waals surface area contributed by atoms with E-state index >= 15 is 0 Å². The fourth-order valence-corrected chi connectivity index (χ4v) is 3.46. The second kappa shape index (κ2) is 4.70. The Morgan fingerprint density at radius 2 is 1.71 bits per heavy atom. The summed E-state index contributed by atoms with van der Waals surface area (Å²) < 4.78 is 2.23. The lowest BCUT2D eigenvalue weighted by Gasteiger charge is -2.12. The van der Waals surface area contributed by atoms with E-state index in [0.29, 0.717) is 16.9 Å². The van der Waals surface area contributed by atoms with Crippen LogP contribution in [0.1, 0.15) is 39.2 Å². The van der Waals surface area contributed by atoms with Crippen molar-refractivity contribution < 1.29 is 0 Å². The van der Waals surface area contributed by atoms with E-state index in [0.717, 1.165) is 12.4 Å². The second-order valence-electron chi connectivity index (χ2n) is 7.22. The Labute approximate surface area is 127 Å². The van der Waals surface area contributed by atoms with E-state index in [1.54, 1.807) is 0 Å². The van der Waals surface area contributed by atoms with Crippen LogP contribution < -0.4 is 5.32 Å². The Hall–Kier alpha value is -1.61. The summed E-state index contributed by atoms with van der Waals surface area (Å²) in [5, 5.41) is 3.72. The van der Waals surface area contributed by atoms with Gasteiger partial charge in [-0.25, -0.2) is 4.98 Å². The molecule has 3 rings (SSSR count). The van der Waals surface area contributed by atoms with Crippen LogP contribution >= 0.6 is 0 Å². The van der Waals surface area contributed by atoms with Crippen LogP contribution in [-0.2, 0) is 6.54 Å². The van der Waals surface area contributed by atoms with Crippen molar-refractivity contribution in [2.75, 3.05) is 0 Å². The van der Waals surface area contributed by atoms with Gasteiger partial charge in [-0.15, -0.1) is 0 Å². The maximum absolute atomic E-state index is 4.49. The summed E-state index contributed by atoms with van der Waals surface area (Å²) in [6.45, 7) is 12.3. The lowest BCUT2D eigenvalue weighted by Crippen LogP contribution is -2.23. The van der Waals surface area contributed by atoms with Crippen LogP contribution in [0.2, 0.25) is 0 Å². The predicted octanol–water partition coefficient (Wildman–Crippen LogP) is 3.70. The average Bonchev–Trinajstić information content (AvgIpc) is 2.73. The molecule has 0 atom stereocenters. The summed E-state index contributed by atoms with van der Waals surface area (Å²) >= 11 is 0. The first-order chi connectivity index (χ1) is 9.85. The van der Waals surface area contributed by atoms with Crippen molar-refractivity contribution in [3.8, 4) is 5.69 Å². The minimum atomic E-state index is 0.361. The molecule has 0 radical (unpaired) electrons. The SMILES string of the molecule is Cc1ncc(CNC2C(C)(C)C2(C)C)n1-c1ccccc1. The van der Waals surface area contributed by atoms with Gasteiger partial charge in [-0.1, -0.05) is 45.9 Å². The number of nitrogens with zero attached hydrogens (tertiary/aromatic N) is 2. The summed E-state index contributed by atoms with van der Waals surface area (Å²) in [7, 11) is 0. The van der Waals surface area contributed by atoms with E-state index in [1.165, 1.54) is 11.4 Å². The van der Waals surface area contributed by atoms with Gasteiger partial charge >= 0.3 is 0 Å². The van der Waals surface area contributed by atoms with Gasteiger partial charge in [0.15, 0.2) is 0 Å². The normalized spacial score (nSPS) is 19.7. The minimum Gasteiger partial charge on any atom is -0.307 e. The number of imidazole rings is 1. The summed E-state index contributed by atoms with van der Waals surface area (Å²) in [6.07, 6.45) is 1.98. The van der Waals surface area contributed by atoms with Crippen molar-refractivity contribution in [1.29, 1.82) is 0 Å². The van der Waals surface area contributed by atoms with Crippen LogP contribution in [0.4, 0.5) is 0 Å². The fraction of sp³-hybridized carbons (Fsp3) is 0.500. The molecule has 21 heavy (non-hydrogen) atoms. The molecule has 0 unspecified atom stereocenters. The molecule has 1 heterocycles. The standard InChI is InChI=1S/C18H25N3/c1-13-19-11-15(21(13)14-9-7-6-8-10-14)12-20-16-17(2,3)18(16,4)5/h6-11,16,20H,12H2,1-5H3. The Morgan fingerprint density at radius 3 is 2.29 bits per heavy atom. The van der Waals surface area contributed by atoms with Gasteiger partial charge in [-0.05, 0) is 29.9 Å². The van der Waals surface area contributed by atoms with E-state index in [4.69, 9.17) is 0 Å². The van der Waals surface area contributed by atoms with Crippen LogP contribution in [0.15, 0.2) is 36.5 Å². The monoisotopic (exact) mass is 283 g/mol. The first-order valence-electron chi connectivity index (χ1n) is 7.68. The highest BCUT2D eigenvalue weighted by Gasteiger charge is 2.64. The predicted molar refractivity (Wildman–Crippen MR) is 86.5 cm³/mol. The summed E-state index contributed by atoms with van der Waals surface area (Å²) in [6, 6.07) is 11.0. The molecule has 1 aliphatic carbocycles. The van der Waals surface area contributed by atoms with Crippen molar-refractivity contribution >= 4 is 0 Å². The van der Waals surface area contributed by atoms with E-state index in [2.05, 4.69) is 73.8 Å². The molecule has 0 aliphatic heterocycles. The van der Waals surface area contributed by atoms with Gasteiger partial charge in [-0.2, -0.15) is 0 Å². The molecule has 0 amide bonds. The van der Waals surface area contributed by atoms with Gasteiger partial charge in [0.05, 0.1) is 11.9 Å². The molecule has 3 nitrogen and oxygen atoms in total. The molecule has 0 saturated heterocycles. The molecular weight excluding hydrogens is 258 g/mol. The number of para-hydroxylation sites is 1. The summed E-state index contributed by atoms with van der Waals surface area (Å²) in [5.74, 6) is 1.03. The number of benzene rings is 1. The number of hydrogen-bond acceptors (Lipinski definition) is 2. The summed E-state index contributed by atoms with van der Waals surface area (Å²) in [4.78, 5) is 4.49. The van der Waals surface area contributed by atoms with Gasteiger partial charge in [0.25, 0.3) is 0 Å². The van der Waals surface area contributed by atoms with Crippen molar-refractivity contribution in [3.05, 3.63) is 48.0 Å². The molecule has 3 heteroatoms. The van der Waals surface area contributed by atoms with Crippen molar-refractivity contribution in [2.24, 2.45) is 10.8 Å². The first kappa shape index (κ1) is 14.3. The van der Waals surface area contributed by atoms with E-state index in [1.807, 2.05) is 12.3 Å². The number of rotatable bonds is 4. The van der Waals surface area contributed by atoms with Gasteiger partial charge in [0, 0.05) is 18.3 Å². The molecule has 1 saturated carbocycles. The molecule has 0 spiro atoms. The fourth-order valence-electron chi connectivity index (χ4n) is 3.46. The third-order valence-electron chi connectivity index (χ3n) is 5.53. The lowest BCUT2D eigenvalue weighted by molar-refractivity contribution is 0.457. The van der Waals surface area contributed by atoms with Crippen LogP contribution in [-0.4, -0.2) is 15.6 Å². The molecular formula is C18H25N3. The second-order valence-corrected chi connectivity index (χ2v) is 7.22. The summed E-state index contributed by atoms with van der Waals surface area (Å²) in [5.41, 5.74) is 3.12. The van der Waals surface area contributed by atoms with E-state index in [-0.39, 0.29) is 0 Å². The molecule has 2 aromatic rings. The Bertz CT molecular complexity index is 624. The number of aromatic nitrogens is 2. The van der Waals surface area contributed by atoms with E-state index < -0.39 is 0 Å². The largest absolute Gasteiger partial charge is 0.307 e. The molecule has 1 N–H and O–H groups in total. The van der Waals surface area contributed by atoms with Crippen LogP contribution in [0, 0.1) is 17.8 Å². The number of nitrogens with one attached hydrogen (secondary N) is 1. The molecule has 1 aromatic heterocycles. The zero-order valence-electron chi connectivity index (χ0n) is 13.6. The zero-order chi connectivity index (χ0) is 15.3. The third-order valence-corrected chi connectivity index (χ3v) is 5.53. The Morgan fingerprint density at radius 1 is 1.10 bits per heavy atom. The molecule has 1 aliphatic rings. The first-order valence-corrected chi connectivity index (χ1v) is 7.68. The highest BCUT2D eigenvalue weighted by Crippen LogP contribution is 2.62. The zero-order valence-corrected chi connectivity index (χ0v) is 13.6. The lowest BCUT2D eigenvalue weighted by atomic mass is 10.0. The average molecular weight is 283 g/mol. The molecule has 1 aromatic carbocycles. The van der Waals surface area contributed by atoms with Crippen molar-refractivity contribution in [3.63, 3.8) is 0 Å². The van der Waals surface area contributed by atoms with Gasteiger partial charge in [0.2, 0.25) is 0 Å². The maximum Gasteiger partial charge on any atom is 0.110 e. The minimum absolute atomic E-state index is 0.361.